The molecule has 1 unspecified atom stereocenters. The van der Waals surface area contributed by atoms with Gasteiger partial charge >= 0.3 is 5.97 Å². The fraction of sp³-hybridized carbons (Fsp3) is 0.409. The first-order valence-electron chi connectivity index (χ1n) is 9.52. The maximum atomic E-state index is 13.0. The van der Waals surface area contributed by atoms with Crippen molar-refractivity contribution >= 4 is 17.7 Å². The van der Waals surface area contributed by atoms with E-state index in [9.17, 15) is 14.4 Å². The van der Waals surface area contributed by atoms with Gasteiger partial charge in [-0.25, -0.2) is 0 Å². The molecular formula is C22H28N2O4. The minimum Gasteiger partial charge on any atom is -0.463 e. The molecular weight excluding hydrogens is 356 g/mol. The molecule has 0 saturated carbocycles. The number of carbonyl (C=O) groups is 3. The Morgan fingerprint density at radius 1 is 1.14 bits per heavy atom. The lowest BCUT2D eigenvalue weighted by atomic mass is 10.0. The van der Waals surface area contributed by atoms with E-state index < -0.39 is 6.04 Å². The van der Waals surface area contributed by atoms with Crippen molar-refractivity contribution in [1.29, 1.82) is 0 Å². The highest BCUT2D eigenvalue weighted by molar-refractivity contribution is 6.02. The first kappa shape index (κ1) is 21.4. The average molecular weight is 384 g/mol. The van der Waals surface area contributed by atoms with Crippen LogP contribution in [0.25, 0.3) is 0 Å². The lowest BCUT2D eigenvalue weighted by Gasteiger charge is -2.19. The second kappa shape index (κ2) is 9.35. The van der Waals surface area contributed by atoms with Crippen molar-refractivity contribution in [1.82, 2.24) is 10.3 Å². The fourth-order valence-corrected chi connectivity index (χ4v) is 3.35. The highest BCUT2D eigenvalue weighted by atomic mass is 16.5. The van der Waals surface area contributed by atoms with Gasteiger partial charge in [0.15, 0.2) is 5.78 Å². The molecule has 1 aromatic heterocycles. The highest BCUT2D eigenvalue weighted by Crippen LogP contribution is 2.23. The van der Waals surface area contributed by atoms with Gasteiger partial charge in [0.05, 0.1) is 18.6 Å². The number of aromatic amines is 1. The van der Waals surface area contributed by atoms with E-state index in [0.29, 0.717) is 28.9 Å². The van der Waals surface area contributed by atoms with Crippen molar-refractivity contribution < 1.29 is 19.1 Å². The number of ketones is 1. The SMILES string of the molecule is CCc1c(C(=O)NC(CC(=O)OC(C)C)c2ccccc2)[nH]c(C)c1C(C)=O. The molecule has 0 aliphatic rings. The number of Topliss-reactive ketones (excluding diaryl/α,β-unsaturated/α-hetero) is 1. The number of amides is 1. The predicted octanol–water partition coefficient (Wildman–Crippen LogP) is 3.90. The Hall–Kier alpha value is -2.89. The number of nitrogens with one attached hydrogen (secondary N) is 2. The summed E-state index contributed by atoms with van der Waals surface area (Å²) in [4.78, 5) is 40.2. The molecule has 2 aromatic rings. The maximum Gasteiger partial charge on any atom is 0.308 e. The lowest BCUT2D eigenvalue weighted by molar-refractivity contribution is -0.147. The van der Waals surface area contributed by atoms with E-state index in [1.807, 2.05) is 37.3 Å². The van der Waals surface area contributed by atoms with Crippen LogP contribution in [0.3, 0.4) is 0 Å². The van der Waals surface area contributed by atoms with Gasteiger partial charge in [-0.15, -0.1) is 0 Å². The lowest BCUT2D eigenvalue weighted by Crippen LogP contribution is -2.32. The second-order valence-electron chi connectivity index (χ2n) is 7.07. The Labute approximate surface area is 165 Å². The van der Waals surface area contributed by atoms with Crippen LogP contribution in [0.5, 0.6) is 0 Å². The summed E-state index contributed by atoms with van der Waals surface area (Å²) >= 11 is 0. The van der Waals surface area contributed by atoms with Crippen molar-refractivity contribution in [2.45, 2.75) is 59.6 Å². The van der Waals surface area contributed by atoms with Gasteiger partial charge in [-0.3, -0.25) is 14.4 Å². The monoisotopic (exact) mass is 384 g/mol. The number of benzene rings is 1. The van der Waals surface area contributed by atoms with Gasteiger partial charge in [0, 0.05) is 11.3 Å². The number of esters is 1. The van der Waals surface area contributed by atoms with E-state index in [2.05, 4.69) is 10.3 Å². The number of H-pyrrole nitrogens is 1. The summed E-state index contributed by atoms with van der Waals surface area (Å²) in [7, 11) is 0. The van der Waals surface area contributed by atoms with Gasteiger partial charge in [0.1, 0.15) is 5.69 Å². The van der Waals surface area contributed by atoms with Crippen molar-refractivity contribution in [2.75, 3.05) is 0 Å². The standard InChI is InChI=1S/C22H28N2O4/c1-6-17-20(15(5)25)14(4)23-21(17)22(27)24-18(12-19(26)28-13(2)3)16-10-8-7-9-11-16/h7-11,13,18,23H,6,12H2,1-5H3,(H,24,27). The number of rotatable bonds is 8. The summed E-state index contributed by atoms with van der Waals surface area (Å²) in [5.41, 5.74) is 3.10. The van der Waals surface area contributed by atoms with Gasteiger partial charge in [-0.2, -0.15) is 0 Å². The average Bonchev–Trinajstić information content (AvgIpc) is 2.97. The molecule has 0 fully saturated rings. The molecule has 0 bridgehead atoms. The molecule has 1 heterocycles. The fourth-order valence-electron chi connectivity index (χ4n) is 3.35. The first-order valence-corrected chi connectivity index (χ1v) is 9.52. The van der Waals surface area contributed by atoms with Crippen LogP contribution in [0.1, 0.15) is 77.8 Å². The molecule has 28 heavy (non-hydrogen) atoms. The molecule has 1 amide bonds. The number of aromatic nitrogens is 1. The van der Waals surface area contributed by atoms with Gasteiger partial charge < -0.3 is 15.0 Å². The smallest absolute Gasteiger partial charge is 0.308 e. The topological polar surface area (TPSA) is 88.3 Å². The van der Waals surface area contributed by atoms with E-state index in [1.165, 1.54) is 6.92 Å². The number of ether oxygens (including phenoxy) is 1. The molecule has 1 aromatic carbocycles. The molecule has 0 aliphatic heterocycles. The third-order valence-electron chi connectivity index (χ3n) is 4.47. The molecule has 2 N–H and O–H groups in total. The van der Waals surface area contributed by atoms with E-state index in [0.717, 1.165) is 5.56 Å². The van der Waals surface area contributed by atoms with E-state index in [-0.39, 0.29) is 30.2 Å². The number of hydrogen-bond acceptors (Lipinski definition) is 4. The minimum absolute atomic E-state index is 0.0225. The van der Waals surface area contributed by atoms with Crippen LogP contribution < -0.4 is 5.32 Å². The zero-order valence-corrected chi connectivity index (χ0v) is 17.1. The van der Waals surface area contributed by atoms with Crippen molar-refractivity contribution in [3.8, 4) is 0 Å². The summed E-state index contributed by atoms with van der Waals surface area (Å²) < 4.78 is 5.25. The third kappa shape index (κ3) is 5.09. The highest BCUT2D eigenvalue weighted by Gasteiger charge is 2.25. The van der Waals surface area contributed by atoms with Crippen LogP contribution in [-0.4, -0.2) is 28.7 Å². The van der Waals surface area contributed by atoms with Crippen LogP contribution in [0.2, 0.25) is 0 Å². The Morgan fingerprint density at radius 3 is 2.32 bits per heavy atom. The van der Waals surface area contributed by atoms with Crippen LogP contribution in [0, 0.1) is 6.92 Å². The van der Waals surface area contributed by atoms with Crippen molar-refractivity contribution in [3.63, 3.8) is 0 Å². The molecule has 6 heteroatoms. The Kier molecular flexibility index (Phi) is 7.15. The maximum absolute atomic E-state index is 13.0. The molecule has 0 aliphatic carbocycles. The molecule has 2 rings (SSSR count). The Balaban J connectivity index is 2.31. The number of hydrogen-bond donors (Lipinski definition) is 2. The Morgan fingerprint density at radius 2 is 1.79 bits per heavy atom. The van der Waals surface area contributed by atoms with Gasteiger partial charge in [0.25, 0.3) is 5.91 Å². The predicted molar refractivity (Wildman–Crippen MR) is 107 cm³/mol. The number of aryl methyl sites for hydroxylation is 1. The largest absolute Gasteiger partial charge is 0.463 e. The van der Waals surface area contributed by atoms with Gasteiger partial charge in [-0.1, -0.05) is 37.3 Å². The zero-order valence-electron chi connectivity index (χ0n) is 17.1. The summed E-state index contributed by atoms with van der Waals surface area (Å²) in [6, 6.07) is 8.76. The first-order chi connectivity index (χ1) is 13.2. The summed E-state index contributed by atoms with van der Waals surface area (Å²) in [5.74, 6) is -0.810. The van der Waals surface area contributed by atoms with Gasteiger partial charge in [-0.05, 0) is 45.2 Å². The molecule has 0 saturated heterocycles. The molecule has 1 atom stereocenters. The van der Waals surface area contributed by atoms with Crippen LogP contribution in [0.4, 0.5) is 0 Å². The van der Waals surface area contributed by atoms with Crippen LogP contribution >= 0.6 is 0 Å². The minimum atomic E-state index is -0.533. The van der Waals surface area contributed by atoms with Crippen LogP contribution in [0.15, 0.2) is 30.3 Å². The van der Waals surface area contributed by atoms with E-state index >= 15 is 0 Å². The van der Waals surface area contributed by atoms with Crippen LogP contribution in [-0.2, 0) is 16.0 Å². The molecule has 150 valence electrons. The van der Waals surface area contributed by atoms with Crippen molar-refractivity contribution in [3.05, 3.63) is 58.4 Å². The Bertz CT molecular complexity index is 853. The normalized spacial score (nSPS) is 11.9. The van der Waals surface area contributed by atoms with Gasteiger partial charge in [0.2, 0.25) is 0 Å². The van der Waals surface area contributed by atoms with Crippen molar-refractivity contribution in [2.24, 2.45) is 0 Å². The molecule has 6 nitrogen and oxygen atoms in total. The second-order valence-corrected chi connectivity index (χ2v) is 7.07. The molecule has 0 radical (unpaired) electrons. The third-order valence-corrected chi connectivity index (χ3v) is 4.47. The summed E-state index contributed by atoms with van der Waals surface area (Å²) in [5, 5.41) is 2.93. The van der Waals surface area contributed by atoms with E-state index in [1.54, 1.807) is 20.8 Å². The molecule has 0 spiro atoms. The van der Waals surface area contributed by atoms with E-state index in [4.69, 9.17) is 4.74 Å². The summed E-state index contributed by atoms with van der Waals surface area (Å²) in [6.07, 6.45) is 0.345. The summed E-state index contributed by atoms with van der Waals surface area (Å²) in [6.45, 7) is 8.74. The quantitative estimate of drug-likeness (QED) is 0.534. The number of carbonyl (C=O) groups excluding carboxylic acids is 3. The zero-order chi connectivity index (χ0) is 20.8.